The molecule has 6 aliphatic rings. The monoisotopic (exact) mass is 293 g/mol. The summed E-state index contributed by atoms with van der Waals surface area (Å²) in [5.74, 6) is 2.21. The van der Waals surface area contributed by atoms with E-state index in [4.69, 9.17) is 0 Å². The van der Waals surface area contributed by atoms with Crippen molar-refractivity contribution in [1.29, 1.82) is 0 Å². The van der Waals surface area contributed by atoms with Crippen LogP contribution in [0, 0.1) is 11.8 Å². The van der Waals surface area contributed by atoms with E-state index in [0.717, 1.165) is 11.8 Å². The first-order valence-electron chi connectivity index (χ1n) is 9.55. The zero-order chi connectivity index (χ0) is 14.3. The Bertz CT molecular complexity index is 230. The lowest BCUT2D eigenvalue weighted by Gasteiger charge is -2.38. The van der Waals surface area contributed by atoms with Gasteiger partial charge in [0.05, 0.1) is 0 Å². The van der Waals surface area contributed by atoms with Crippen LogP contribution in [0.2, 0.25) is 0 Å². The van der Waals surface area contributed by atoms with Crippen molar-refractivity contribution in [3.63, 3.8) is 0 Å². The van der Waals surface area contributed by atoms with Crippen molar-refractivity contribution in [2.24, 2.45) is 11.8 Å². The van der Waals surface area contributed by atoms with Gasteiger partial charge in [-0.2, -0.15) is 0 Å². The van der Waals surface area contributed by atoms with Gasteiger partial charge in [0.2, 0.25) is 0 Å². The Hall–Kier alpha value is -0.120. The van der Waals surface area contributed by atoms with E-state index in [1.165, 1.54) is 104 Å². The van der Waals surface area contributed by atoms with Crippen molar-refractivity contribution in [3.05, 3.63) is 0 Å². The molecule has 1 N–H and O–H groups in total. The zero-order valence-electron chi connectivity index (χ0n) is 13.9. The van der Waals surface area contributed by atoms with Gasteiger partial charge in [-0.25, -0.2) is 0 Å². The molecule has 0 spiro atoms. The predicted molar refractivity (Wildman–Crippen MR) is 89.7 cm³/mol. The Morgan fingerprint density at radius 1 is 0.571 bits per heavy atom. The molecule has 0 unspecified atom stereocenters. The van der Waals surface area contributed by atoms with Crippen LogP contribution < -0.4 is 5.32 Å². The summed E-state index contributed by atoms with van der Waals surface area (Å²) in [5, 5.41) is 3.28. The SMILES string of the molecule is C1CCNCC1.C1CN2CCC1C2.C1CN2CCC1CC2. The third-order valence-corrected chi connectivity index (χ3v) is 5.99. The molecule has 6 rings (SSSR count). The van der Waals surface area contributed by atoms with Crippen molar-refractivity contribution in [2.45, 2.75) is 51.4 Å². The lowest BCUT2D eigenvalue weighted by Crippen LogP contribution is -2.41. The van der Waals surface area contributed by atoms with Crippen LogP contribution in [-0.2, 0) is 0 Å². The van der Waals surface area contributed by atoms with Gasteiger partial charge in [0.1, 0.15) is 0 Å². The van der Waals surface area contributed by atoms with Crippen molar-refractivity contribution >= 4 is 0 Å². The zero-order valence-corrected chi connectivity index (χ0v) is 13.9. The van der Waals surface area contributed by atoms with Crippen molar-refractivity contribution < 1.29 is 0 Å². The number of hydrogen-bond acceptors (Lipinski definition) is 3. The largest absolute Gasteiger partial charge is 0.317 e. The van der Waals surface area contributed by atoms with Gasteiger partial charge < -0.3 is 15.1 Å². The van der Waals surface area contributed by atoms with E-state index in [9.17, 15) is 0 Å². The third kappa shape index (κ3) is 5.22. The van der Waals surface area contributed by atoms with Gasteiger partial charge in [-0.15, -0.1) is 0 Å². The normalized spacial score (nSPS) is 40.0. The molecule has 0 aromatic heterocycles. The lowest BCUT2D eigenvalue weighted by molar-refractivity contribution is 0.111. The Morgan fingerprint density at radius 2 is 1.10 bits per heavy atom. The van der Waals surface area contributed by atoms with Gasteiger partial charge in [-0.3, -0.25) is 0 Å². The van der Waals surface area contributed by atoms with Crippen LogP contribution in [0.1, 0.15) is 51.4 Å². The first-order valence-corrected chi connectivity index (χ1v) is 9.55. The number of nitrogens with one attached hydrogen (secondary N) is 1. The van der Waals surface area contributed by atoms with E-state index >= 15 is 0 Å². The molecule has 6 aliphatic heterocycles. The Morgan fingerprint density at radius 3 is 1.24 bits per heavy atom. The molecule has 3 nitrogen and oxygen atoms in total. The minimum Gasteiger partial charge on any atom is -0.317 e. The number of piperidine rings is 5. The highest BCUT2D eigenvalue weighted by atomic mass is 15.2. The summed E-state index contributed by atoms with van der Waals surface area (Å²) >= 11 is 0. The second-order valence-corrected chi connectivity index (χ2v) is 7.63. The number of rotatable bonds is 0. The summed E-state index contributed by atoms with van der Waals surface area (Å²) in [6.45, 7) is 10.9. The van der Waals surface area contributed by atoms with Crippen molar-refractivity contribution in [3.8, 4) is 0 Å². The highest BCUT2D eigenvalue weighted by Crippen LogP contribution is 2.27. The summed E-state index contributed by atoms with van der Waals surface area (Å²) in [5.41, 5.74) is 0. The molecule has 6 heterocycles. The van der Waals surface area contributed by atoms with E-state index in [0.29, 0.717) is 0 Å². The van der Waals surface area contributed by atoms with Crippen LogP contribution in [0.4, 0.5) is 0 Å². The summed E-state index contributed by atoms with van der Waals surface area (Å²) in [6.07, 6.45) is 11.6. The summed E-state index contributed by atoms with van der Waals surface area (Å²) < 4.78 is 0. The standard InChI is InChI=1S/C7H13N.C6H11N.C5H11N/c1-4-8-5-2-7(1)3-6-8;1-3-7-4-2-6(1)5-7;1-2-4-6-5-3-1/h7H,1-6H2;6H,1-5H2;6H,1-5H2. The van der Waals surface area contributed by atoms with Crippen LogP contribution in [0.25, 0.3) is 0 Å². The molecule has 21 heavy (non-hydrogen) atoms. The predicted octanol–water partition coefficient (Wildman–Crippen LogP) is 2.57. The number of hydrogen-bond donors (Lipinski definition) is 1. The van der Waals surface area contributed by atoms with E-state index in [1.54, 1.807) is 0 Å². The van der Waals surface area contributed by atoms with Gasteiger partial charge >= 0.3 is 0 Å². The second kappa shape index (κ2) is 8.50. The van der Waals surface area contributed by atoms with Crippen molar-refractivity contribution in [2.75, 3.05) is 52.4 Å². The fourth-order valence-electron chi connectivity index (χ4n) is 4.38. The third-order valence-electron chi connectivity index (χ3n) is 5.99. The molecule has 0 aromatic carbocycles. The molecule has 4 bridgehead atoms. The average Bonchev–Trinajstić information content (AvgIpc) is 3.25. The molecular formula is C18H35N3. The Kier molecular flexibility index (Phi) is 6.38. The second-order valence-electron chi connectivity index (χ2n) is 7.63. The number of nitrogens with zero attached hydrogens (tertiary/aromatic N) is 2. The topological polar surface area (TPSA) is 18.5 Å². The summed E-state index contributed by atoms with van der Waals surface area (Å²) in [4.78, 5) is 5.14. The molecule has 0 atom stereocenters. The summed E-state index contributed by atoms with van der Waals surface area (Å²) in [6, 6.07) is 0. The first kappa shape index (κ1) is 15.8. The maximum absolute atomic E-state index is 3.28. The molecule has 122 valence electrons. The van der Waals surface area contributed by atoms with E-state index in [1.807, 2.05) is 0 Å². The minimum atomic E-state index is 1.10. The molecule has 0 aromatic rings. The van der Waals surface area contributed by atoms with E-state index in [2.05, 4.69) is 15.1 Å². The average molecular weight is 293 g/mol. The maximum atomic E-state index is 3.28. The fraction of sp³-hybridized carbons (Fsp3) is 1.00. The van der Waals surface area contributed by atoms with Gasteiger partial charge in [0.15, 0.2) is 0 Å². The first-order chi connectivity index (χ1) is 10.4. The Balaban J connectivity index is 0.0000000957. The quantitative estimate of drug-likeness (QED) is 0.740. The lowest BCUT2D eigenvalue weighted by atomic mass is 9.89. The number of fused-ring (bicyclic) bond motifs is 5. The van der Waals surface area contributed by atoms with Gasteiger partial charge in [0.25, 0.3) is 0 Å². The van der Waals surface area contributed by atoms with Crippen LogP contribution in [-0.4, -0.2) is 62.2 Å². The highest BCUT2D eigenvalue weighted by Gasteiger charge is 2.28. The fourth-order valence-corrected chi connectivity index (χ4v) is 4.38. The van der Waals surface area contributed by atoms with Gasteiger partial charge in [-0.1, -0.05) is 6.42 Å². The van der Waals surface area contributed by atoms with Crippen LogP contribution in [0.15, 0.2) is 0 Å². The van der Waals surface area contributed by atoms with E-state index in [-0.39, 0.29) is 0 Å². The molecular weight excluding hydrogens is 258 g/mol. The molecule has 0 amide bonds. The van der Waals surface area contributed by atoms with Crippen LogP contribution in [0.3, 0.4) is 0 Å². The smallest absolute Gasteiger partial charge is 0.00106 e. The van der Waals surface area contributed by atoms with Crippen molar-refractivity contribution in [1.82, 2.24) is 15.1 Å². The van der Waals surface area contributed by atoms with Gasteiger partial charge in [0, 0.05) is 6.54 Å². The maximum Gasteiger partial charge on any atom is 0.00106 e. The van der Waals surface area contributed by atoms with Gasteiger partial charge in [-0.05, 0) is 103 Å². The molecule has 3 heteroatoms. The summed E-state index contributed by atoms with van der Waals surface area (Å²) in [7, 11) is 0. The van der Waals surface area contributed by atoms with Crippen LogP contribution in [0.5, 0.6) is 0 Å². The van der Waals surface area contributed by atoms with E-state index < -0.39 is 0 Å². The molecule has 0 radical (unpaired) electrons. The Labute approximate surface area is 131 Å². The molecule has 0 saturated carbocycles. The molecule has 0 aliphatic carbocycles. The minimum absolute atomic E-state index is 1.10. The van der Waals surface area contributed by atoms with Crippen LogP contribution >= 0.6 is 0 Å². The molecule has 6 saturated heterocycles. The highest BCUT2D eigenvalue weighted by molar-refractivity contribution is 4.82. The molecule has 6 fully saturated rings.